The lowest BCUT2D eigenvalue weighted by atomic mass is 10.1. The summed E-state index contributed by atoms with van der Waals surface area (Å²) in [5.41, 5.74) is 1.27. The van der Waals surface area contributed by atoms with E-state index in [1.807, 2.05) is 12.1 Å². The number of carbonyl (C=O) groups excluding carboxylic acids is 1. The van der Waals surface area contributed by atoms with Gasteiger partial charge >= 0.3 is 0 Å². The van der Waals surface area contributed by atoms with Gasteiger partial charge in [0.2, 0.25) is 5.91 Å². The van der Waals surface area contributed by atoms with E-state index >= 15 is 0 Å². The van der Waals surface area contributed by atoms with Gasteiger partial charge in [-0.25, -0.2) is 4.98 Å². The highest BCUT2D eigenvalue weighted by molar-refractivity contribution is 5.82. The second-order valence-corrected chi connectivity index (χ2v) is 5.47. The highest BCUT2D eigenvalue weighted by Gasteiger charge is 2.33. The van der Waals surface area contributed by atoms with Crippen LogP contribution in [0.25, 0.3) is 0 Å². The van der Waals surface area contributed by atoms with Gasteiger partial charge in [0.1, 0.15) is 17.8 Å². The predicted molar refractivity (Wildman–Crippen MR) is 75.1 cm³/mol. The molecule has 1 saturated carbocycles. The fraction of sp³-hybridized carbons (Fsp3) is 0.533. The first-order valence-electron chi connectivity index (χ1n) is 7.24. The van der Waals surface area contributed by atoms with Crippen molar-refractivity contribution >= 4 is 5.91 Å². The van der Waals surface area contributed by atoms with Gasteiger partial charge in [0.25, 0.3) is 0 Å². The molecule has 0 aromatic carbocycles. The summed E-state index contributed by atoms with van der Waals surface area (Å²) in [7, 11) is 0. The largest absolute Gasteiger partial charge is 0.378 e. The summed E-state index contributed by atoms with van der Waals surface area (Å²) in [4.78, 5) is 18.4. The number of nitrogens with zero attached hydrogens (tertiary/aromatic N) is 3. The number of hydrogen-bond donors (Lipinski definition) is 1. The Bertz CT molecular complexity index is 565. The molecule has 1 aliphatic heterocycles. The van der Waals surface area contributed by atoms with E-state index in [0.717, 1.165) is 18.4 Å². The average molecular weight is 286 g/mol. The standard InChI is InChI=1S/C15H18N4O2/c16-8-13-11(2-1-5-17-13)9-19-6-7-21-10-14(19)15(20)18-12-3-4-12/h1-2,5,12,14H,3-4,6-7,9-10H2,(H,18,20). The molecule has 1 unspecified atom stereocenters. The smallest absolute Gasteiger partial charge is 0.239 e. The van der Waals surface area contributed by atoms with Crippen molar-refractivity contribution in [2.24, 2.45) is 0 Å². The van der Waals surface area contributed by atoms with Gasteiger partial charge in [0, 0.05) is 30.9 Å². The van der Waals surface area contributed by atoms with Crippen LogP contribution >= 0.6 is 0 Å². The van der Waals surface area contributed by atoms with Gasteiger partial charge in [-0.1, -0.05) is 6.07 Å². The van der Waals surface area contributed by atoms with E-state index in [-0.39, 0.29) is 11.9 Å². The van der Waals surface area contributed by atoms with E-state index < -0.39 is 0 Å². The van der Waals surface area contributed by atoms with Gasteiger partial charge in [0.15, 0.2) is 0 Å². The molecule has 3 rings (SSSR count). The SMILES string of the molecule is N#Cc1ncccc1CN1CCOCC1C(=O)NC1CC1. The van der Waals surface area contributed by atoms with Crippen molar-refractivity contribution in [3.05, 3.63) is 29.6 Å². The molecular formula is C15H18N4O2. The van der Waals surface area contributed by atoms with Crippen LogP contribution in [0.5, 0.6) is 0 Å². The lowest BCUT2D eigenvalue weighted by Gasteiger charge is -2.34. The van der Waals surface area contributed by atoms with Crippen molar-refractivity contribution in [2.75, 3.05) is 19.8 Å². The third kappa shape index (κ3) is 3.38. The van der Waals surface area contributed by atoms with E-state index in [4.69, 9.17) is 10.00 Å². The Morgan fingerprint density at radius 1 is 1.57 bits per heavy atom. The molecule has 6 heteroatoms. The quantitative estimate of drug-likeness (QED) is 0.868. The molecule has 1 aliphatic carbocycles. The van der Waals surface area contributed by atoms with Crippen molar-refractivity contribution in [3.8, 4) is 6.07 Å². The molecule has 1 N–H and O–H groups in total. The highest BCUT2D eigenvalue weighted by Crippen LogP contribution is 2.20. The molecule has 2 aliphatic rings. The van der Waals surface area contributed by atoms with Crippen molar-refractivity contribution in [1.29, 1.82) is 5.26 Å². The molecule has 1 atom stereocenters. The molecule has 0 spiro atoms. The fourth-order valence-electron chi connectivity index (χ4n) is 2.48. The number of carbonyl (C=O) groups is 1. The van der Waals surface area contributed by atoms with Crippen LogP contribution < -0.4 is 5.32 Å². The van der Waals surface area contributed by atoms with Crippen LogP contribution in [0.15, 0.2) is 18.3 Å². The van der Waals surface area contributed by atoms with Gasteiger partial charge in [-0.2, -0.15) is 5.26 Å². The number of amides is 1. The first-order chi connectivity index (χ1) is 10.3. The number of pyridine rings is 1. The maximum Gasteiger partial charge on any atom is 0.239 e. The van der Waals surface area contributed by atoms with Crippen LogP contribution in [0, 0.1) is 11.3 Å². The second-order valence-electron chi connectivity index (χ2n) is 5.47. The zero-order valence-corrected chi connectivity index (χ0v) is 11.8. The van der Waals surface area contributed by atoms with E-state index in [2.05, 4.69) is 21.3 Å². The van der Waals surface area contributed by atoms with Crippen molar-refractivity contribution < 1.29 is 9.53 Å². The van der Waals surface area contributed by atoms with Gasteiger partial charge in [-0.05, 0) is 18.9 Å². The maximum absolute atomic E-state index is 12.3. The molecule has 2 heterocycles. The molecule has 2 fully saturated rings. The summed E-state index contributed by atoms with van der Waals surface area (Å²) in [5.74, 6) is 0.0274. The zero-order chi connectivity index (χ0) is 14.7. The van der Waals surface area contributed by atoms with E-state index in [1.54, 1.807) is 6.20 Å². The number of rotatable bonds is 4. The Labute approximate surface area is 123 Å². The molecule has 1 aromatic rings. The number of morpholine rings is 1. The van der Waals surface area contributed by atoms with E-state index in [0.29, 0.717) is 38.0 Å². The van der Waals surface area contributed by atoms with E-state index in [9.17, 15) is 4.79 Å². The van der Waals surface area contributed by atoms with Gasteiger partial charge in [-0.15, -0.1) is 0 Å². The van der Waals surface area contributed by atoms with Crippen molar-refractivity contribution in [2.45, 2.75) is 31.5 Å². The second kappa shape index (κ2) is 6.20. The lowest BCUT2D eigenvalue weighted by Crippen LogP contribution is -2.53. The Kier molecular flexibility index (Phi) is 4.13. The predicted octanol–water partition coefficient (Wildman–Crippen LogP) is 0.433. The monoisotopic (exact) mass is 286 g/mol. The third-order valence-corrected chi connectivity index (χ3v) is 3.84. The Morgan fingerprint density at radius 3 is 3.19 bits per heavy atom. The Balaban J connectivity index is 1.71. The summed E-state index contributed by atoms with van der Waals surface area (Å²) in [5, 5.41) is 12.1. The maximum atomic E-state index is 12.3. The number of nitriles is 1. The van der Waals surface area contributed by atoms with Crippen LogP contribution in [0.3, 0.4) is 0 Å². The molecule has 110 valence electrons. The lowest BCUT2D eigenvalue weighted by molar-refractivity contribution is -0.133. The van der Waals surface area contributed by atoms with Crippen molar-refractivity contribution in [1.82, 2.24) is 15.2 Å². The topological polar surface area (TPSA) is 78.2 Å². The van der Waals surface area contributed by atoms with Crippen LogP contribution in [-0.2, 0) is 16.1 Å². The molecule has 6 nitrogen and oxygen atoms in total. The van der Waals surface area contributed by atoms with Gasteiger partial charge < -0.3 is 10.1 Å². The Morgan fingerprint density at radius 2 is 2.43 bits per heavy atom. The fourth-order valence-corrected chi connectivity index (χ4v) is 2.48. The first kappa shape index (κ1) is 14.0. The summed E-state index contributed by atoms with van der Waals surface area (Å²) in [6.45, 7) is 2.24. The minimum atomic E-state index is -0.286. The molecule has 1 aromatic heterocycles. The molecular weight excluding hydrogens is 268 g/mol. The highest BCUT2D eigenvalue weighted by atomic mass is 16.5. The molecule has 0 radical (unpaired) electrons. The minimum Gasteiger partial charge on any atom is -0.378 e. The van der Waals surface area contributed by atoms with Crippen LogP contribution in [0.2, 0.25) is 0 Å². The zero-order valence-electron chi connectivity index (χ0n) is 11.8. The number of hydrogen-bond acceptors (Lipinski definition) is 5. The number of nitrogens with one attached hydrogen (secondary N) is 1. The summed E-state index contributed by atoms with van der Waals surface area (Å²) >= 11 is 0. The number of ether oxygens (including phenoxy) is 1. The molecule has 1 amide bonds. The molecule has 1 saturated heterocycles. The van der Waals surface area contributed by atoms with Gasteiger partial charge in [-0.3, -0.25) is 9.69 Å². The van der Waals surface area contributed by atoms with E-state index in [1.165, 1.54) is 0 Å². The summed E-state index contributed by atoms with van der Waals surface area (Å²) in [6.07, 6.45) is 3.75. The summed E-state index contributed by atoms with van der Waals surface area (Å²) in [6, 6.07) is 5.86. The normalized spacial score (nSPS) is 22.5. The van der Waals surface area contributed by atoms with Crippen LogP contribution in [0.1, 0.15) is 24.1 Å². The van der Waals surface area contributed by atoms with Crippen molar-refractivity contribution in [3.63, 3.8) is 0 Å². The molecule has 21 heavy (non-hydrogen) atoms. The van der Waals surface area contributed by atoms with Gasteiger partial charge in [0.05, 0.1) is 13.2 Å². The first-order valence-corrected chi connectivity index (χ1v) is 7.24. The van der Waals surface area contributed by atoms with Crippen LogP contribution in [0.4, 0.5) is 0 Å². The summed E-state index contributed by atoms with van der Waals surface area (Å²) < 4.78 is 5.45. The third-order valence-electron chi connectivity index (χ3n) is 3.84. The number of aromatic nitrogens is 1. The Hall–Kier alpha value is -1.97. The molecule has 0 bridgehead atoms. The minimum absolute atomic E-state index is 0.0274. The average Bonchev–Trinajstić information content (AvgIpc) is 3.32. The van der Waals surface area contributed by atoms with Crippen LogP contribution in [-0.4, -0.2) is 47.6 Å².